The second kappa shape index (κ2) is 37.9. The van der Waals surface area contributed by atoms with Crippen LogP contribution in [0.5, 0.6) is 0 Å². The van der Waals surface area contributed by atoms with Gasteiger partial charge in [-0.15, -0.1) is 0 Å². The predicted octanol–water partition coefficient (Wildman–Crippen LogP) is 12.4. The highest BCUT2D eigenvalue weighted by atomic mass is 31.2. The van der Waals surface area contributed by atoms with Gasteiger partial charge in [0.15, 0.2) is 6.10 Å². The summed E-state index contributed by atoms with van der Waals surface area (Å²) in [6.07, 6.45) is 41.2. The summed E-state index contributed by atoms with van der Waals surface area (Å²) in [5.74, 6) is -0.840. The molecule has 56 heavy (non-hydrogen) atoms. The first-order valence-electron chi connectivity index (χ1n) is 23.3. The number of hydrogen-bond donors (Lipinski definition) is 2. The number of unbranched alkanes of at least 4 members (excludes halogenated alkanes) is 25. The van der Waals surface area contributed by atoms with E-state index in [1.165, 1.54) is 128 Å². The Bertz CT molecular complexity index is 997. The molecule has 1 fully saturated rings. The number of nitrogens with two attached hydrogens (primary N) is 1. The van der Waals surface area contributed by atoms with Crippen LogP contribution in [0.3, 0.4) is 0 Å². The standard InChI is InChI=1S/C45H86NO9P/c1-3-5-7-9-11-12-13-14-15-16-17-18-19-20-21-22-23-27-32-36-45(48)54-41(40-53-56(49,50)52-38-37-46)39-51-44(47)35-31-28-24-26-30-34-43-42(55-43)33-29-25-10-8-6-4-2/h25,29,41-43H,3-24,26-28,30-40,46H2,1-2H3,(H,49,50)/b29-25-/t41-,42?,43?/m1/s1. The van der Waals surface area contributed by atoms with Crippen LogP contribution in [0.4, 0.5) is 0 Å². The Morgan fingerprint density at radius 1 is 0.625 bits per heavy atom. The lowest BCUT2D eigenvalue weighted by Gasteiger charge is -2.19. The highest BCUT2D eigenvalue weighted by molar-refractivity contribution is 7.47. The highest BCUT2D eigenvalue weighted by Crippen LogP contribution is 2.43. The molecule has 3 N–H and O–H groups in total. The fourth-order valence-corrected chi connectivity index (χ4v) is 7.76. The quantitative estimate of drug-likeness (QED) is 0.0200. The number of ether oxygens (including phenoxy) is 3. The number of epoxide rings is 1. The van der Waals surface area contributed by atoms with E-state index in [2.05, 4.69) is 26.0 Å². The van der Waals surface area contributed by atoms with Gasteiger partial charge in [0.1, 0.15) is 6.61 Å². The summed E-state index contributed by atoms with van der Waals surface area (Å²) in [6, 6.07) is 0. The number of carbonyl (C=O) groups is 2. The lowest BCUT2D eigenvalue weighted by molar-refractivity contribution is -0.161. The van der Waals surface area contributed by atoms with Crippen molar-refractivity contribution in [2.75, 3.05) is 26.4 Å². The Balaban J connectivity index is 2.13. The molecule has 10 nitrogen and oxygen atoms in total. The minimum absolute atomic E-state index is 0.0515. The third-order valence-corrected chi connectivity index (χ3v) is 11.6. The van der Waals surface area contributed by atoms with Crippen LogP contribution in [0, 0.1) is 0 Å². The molecule has 0 amide bonds. The van der Waals surface area contributed by atoms with Crippen molar-refractivity contribution < 1.29 is 42.3 Å². The van der Waals surface area contributed by atoms with E-state index < -0.39 is 32.5 Å². The van der Waals surface area contributed by atoms with Crippen LogP contribution >= 0.6 is 7.82 Å². The summed E-state index contributed by atoms with van der Waals surface area (Å²) >= 11 is 0. The van der Waals surface area contributed by atoms with E-state index >= 15 is 0 Å². The Morgan fingerprint density at radius 2 is 1.11 bits per heavy atom. The fourth-order valence-electron chi connectivity index (χ4n) is 7.00. The van der Waals surface area contributed by atoms with Crippen molar-refractivity contribution in [3.05, 3.63) is 12.2 Å². The zero-order chi connectivity index (χ0) is 40.8. The molecule has 330 valence electrons. The van der Waals surface area contributed by atoms with E-state index in [-0.39, 0.29) is 32.6 Å². The zero-order valence-electron chi connectivity index (χ0n) is 36.1. The molecular weight excluding hydrogens is 729 g/mol. The SMILES string of the molecule is CCCCC/C=C\CC1OC1CCCCCCCC(=O)OC[C@H](COP(=O)(O)OCCN)OC(=O)CCCCCCCCCCCCCCCCCCCCC. The van der Waals surface area contributed by atoms with Crippen LogP contribution in [-0.4, -0.2) is 61.5 Å². The summed E-state index contributed by atoms with van der Waals surface area (Å²) in [6.45, 7) is 3.71. The smallest absolute Gasteiger partial charge is 0.462 e. The van der Waals surface area contributed by atoms with Gasteiger partial charge < -0.3 is 24.8 Å². The van der Waals surface area contributed by atoms with Crippen molar-refractivity contribution in [1.82, 2.24) is 0 Å². The van der Waals surface area contributed by atoms with Gasteiger partial charge in [-0.2, -0.15) is 0 Å². The van der Waals surface area contributed by atoms with Crippen molar-refractivity contribution in [2.24, 2.45) is 5.73 Å². The first kappa shape index (κ1) is 52.7. The largest absolute Gasteiger partial charge is 0.472 e. The van der Waals surface area contributed by atoms with Gasteiger partial charge in [-0.05, 0) is 38.5 Å². The first-order chi connectivity index (χ1) is 27.3. The van der Waals surface area contributed by atoms with Gasteiger partial charge in [-0.25, -0.2) is 4.57 Å². The molecule has 0 aromatic heterocycles. The molecule has 4 atom stereocenters. The number of carbonyl (C=O) groups excluding carboxylic acids is 2. The van der Waals surface area contributed by atoms with Gasteiger partial charge in [-0.1, -0.05) is 180 Å². The molecule has 0 aliphatic carbocycles. The fraction of sp³-hybridized carbons (Fsp3) is 0.911. The molecule has 1 heterocycles. The zero-order valence-corrected chi connectivity index (χ0v) is 37.0. The normalized spacial score (nSPS) is 16.9. The Kier molecular flexibility index (Phi) is 35.7. The number of esters is 2. The van der Waals surface area contributed by atoms with E-state index in [4.69, 9.17) is 29.0 Å². The highest BCUT2D eigenvalue weighted by Gasteiger charge is 2.36. The molecule has 0 radical (unpaired) electrons. The van der Waals surface area contributed by atoms with E-state index in [0.29, 0.717) is 25.0 Å². The van der Waals surface area contributed by atoms with Crippen LogP contribution in [0.2, 0.25) is 0 Å². The maximum absolute atomic E-state index is 12.6. The van der Waals surface area contributed by atoms with E-state index in [0.717, 1.165) is 51.4 Å². The number of allylic oxidation sites excluding steroid dienone is 1. The molecule has 0 aromatic rings. The minimum Gasteiger partial charge on any atom is -0.462 e. The van der Waals surface area contributed by atoms with Crippen molar-refractivity contribution in [1.29, 1.82) is 0 Å². The Morgan fingerprint density at radius 3 is 1.64 bits per heavy atom. The van der Waals surface area contributed by atoms with E-state index in [9.17, 15) is 19.0 Å². The molecule has 1 aliphatic heterocycles. The average molecular weight is 816 g/mol. The second-order valence-corrected chi connectivity index (χ2v) is 17.5. The Hall–Kier alpha value is -1.29. The van der Waals surface area contributed by atoms with Crippen LogP contribution < -0.4 is 5.73 Å². The molecular formula is C45H86NO9P. The van der Waals surface area contributed by atoms with E-state index in [1.54, 1.807) is 0 Å². The number of phosphoric acid groups is 1. The van der Waals surface area contributed by atoms with Gasteiger partial charge in [-0.3, -0.25) is 18.6 Å². The van der Waals surface area contributed by atoms with Crippen molar-refractivity contribution in [3.8, 4) is 0 Å². The lowest BCUT2D eigenvalue weighted by Crippen LogP contribution is -2.29. The summed E-state index contributed by atoms with van der Waals surface area (Å²) in [4.78, 5) is 35.0. The van der Waals surface area contributed by atoms with Gasteiger partial charge in [0.05, 0.1) is 25.4 Å². The van der Waals surface area contributed by atoms with Gasteiger partial charge >= 0.3 is 19.8 Å². The van der Waals surface area contributed by atoms with Crippen LogP contribution in [-0.2, 0) is 37.4 Å². The minimum atomic E-state index is -4.38. The molecule has 0 bridgehead atoms. The maximum atomic E-state index is 12.6. The molecule has 3 unspecified atom stereocenters. The average Bonchev–Trinajstić information content (AvgIpc) is 3.94. The third kappa shape index (κ3) is 34.7. The number of hydrogen-bond acceptors (Lipinski definition) is 9. The lowest BCUT2D eigenvalue weighted by atomic mass is 10.0. The number of phosphoric ester groups is 1. The predicted molar refractivity (Wildman–Crippen MR) is 229 cm³/mol. The summed E-state index contributed by atoms with van der Waals surface area (Å²) in [5, 5.41) is 0. The first-order valence-corrected chi connectivity index (χ1v) is 24.8. The molecule has 0 aromatic carbocycles. The maximum Gasteiger partial charge on any atom is 0.472 e. The Labute approximate surface area is 343 Å². The molecule has 1 aliphatic rings. The third-order valence-electron chi connectivity index (χ3n) is 10.6. The van der Waals surface area contributed by atoms with Gasteiger partial charge in [0.25, 0.3) is 0 Å². The molecule has 1 saturated heterocycles. The number of rotatable bonds is 43. The summed E-state index contributed by atoms with van der Waals surface area (Å²) < 4.78 is 38.7. The van der Waals surface area contributed by atoms with Crippen molar-refractivity contribution in [2.45, 2.75) is 238 Å². The molecule has 1 rings (SSSR count). The van der Waals surface area contributed by atoms with E-state index in [1.807, 2.05) is 0 Å². The molecule has 0 spiro atoms. The molecule has 0 saturated carbocycles. The molecule has 11 heteroatoms. The van der Waals surface area contributed by atoms with Crippen LogP contribution in [0.25, 0.3) is 0 Å². The summed E-state index contributed by atoms with van der Waals surface area (Å²) in [7, 11) is -4.38. The topological polar surface area (TPSA) is 147 Å². The van der Waals surface area contributed by atoms with Gasteiger partial charge in [0, 0.05) is 19.4 Å². The summed E-state index contributed by atoms with van der Waals surface area (Å²) in [5.41, 5.74) is 5.36. The monoisotopic (exact) mass is 816 g/mol. The van der Waals surface area contributed by atoms with Gasteiger partial charge in [0.2, 0.25) is 0 Å². The second-order valence-electron chi connectivity index (χ2n) is 16.0. The van der Waals surface area contributed by atoms with Crippen LogP contribution in [0.1, 0.15) is 219 Å². The van der Waals surface area contributed by atoms with Crippen molar-refractivity contribution >= 4 is 19.8 Å². The van der Waals surface area contributed by atoms with Crippen LogP contribution in [0.15, 0.2) is 12.2 Å². The van der Waals surface area contributed by atoms with Crippen molar-refractivity contribution in [3.63, 3.8) is 0 Å².